The van der Waals surface area contributed by atoms with Crippen molar-refractivity contribution in [2.45, 2.75) is 104 Å². The largest absolute Gasteiger partial charge is 0.400 e. The Labute approximate surface area is 143 Å². The number of unbranched alkanes of at least 4 members (excludes halogenated alkanes) is 9. The molecule has 0 aromatic heterocycles. The Morgan fingerprint density at radius 3 is 1.78 bits per heavy atom. The maximum absolute atomic E-state index is 11.7. The predicted octanol–water partition coefficient (Wildman–Crippen LogP) is 4.31. The van der Waals surface area contributed by atoms with Crippen LogP contribution < -0.4 is 5.73 Å². The van der Waals surface area contributed by atoms with Crippen molar-refractivity contribution in [1.82, 2.24) is 0 Å². The van der Waals surface area contributed by atoms with Gasteiger partial charge in [0.2, 0.25) is 0 Å². The van der Waals surface area contributed by atoms with Crippen molar-refractivity contribution in [1.29, 1.82) is 0 Å². The van der Waals surface area contributed by atoms with Gasteiger partial charge in [-0.15, -0.1) is 0 Å². The van der Waals surface area contributed by atoms with E-state index in [0.717, 1.165) is 19.3 Å². The highest BCUT2D eigenvalue weighted by Crippen LogP contribution is 2.18. The third-order valence-corrected chi connectivity index (χ3v) is 5.23. The zero-order chi connectivity index (χ0) is 17.8. The molecule has 0 saturated heterocycles. The fraction of sp³-hybridized carbons (Fsp3) is 1.00. The first kappa shape index (κ1) is 22.8. The molecule has 0 rings (SSSR count). The summed E-state index contributed by atoms with van der Waals surface area (Å²) in [6, 6.07) is -0.404. The highest BCUT2D eigenvalue weighted by molar-refractivity contribution is 7.81. The van der Waals surface area contributed by atoms with Crippen molar-refractivity contribution in [2.75, 3.05) is 6.61 Å². The molecule has 0 saturated carbocycles. The minimum atomic E-state index is -3.97. The molecule has 0 aromatic rings. The van der Waals surface area contributed by atoms with Gasteiger partial charge in [-0.1, -0.05) is 64.7 Å². The van der Waals surface area contributed by atoms with Crippen LogP contribution in [-0.2, 0) is 18.8 Å². The summed E-state index contributed by atoms with van der Waals surface area (Å²) in [5.74, 6) is 0. The van der Waals surface area contributed by atoms with E-state index in [2.05, 4.69) is 6.92 Å². The van der Waals surface area contributed by atoms with Gasteiger partial charge in [0.25, 0.3) is 0 Å². The van der Waals surface area contributed by atoms with E-state index in [0.29, 0.717) is 0 Å². The SMILES string of the molecule is CCCCCCCCCCCCOS(=O)(=O)OC(C)(C)C(C)N. The summed E-state index contributed by atoms with van der Waals surface area (Å²) in [6.45, 7) is 7.38. The molecule has 0 aromatic carbocycles. The lowest BCUT2D eigenvalue weighted by Gasteiger charge is -2.27. The van der Waals surface area contributed by atoms with E-state index in [1.165, 1.54) is 44.9 Å². The Morgan fingerprint density at radius 1 is 0.913 bits per heavy atom. The van der Waals surface area contributed by atoms with Crippen molar-refractivity contribution >= 4 is 10.4 Å². The molecule has 0 amide bonds. The number of rotatable bonds is 15. The van der Waals surface area contributed by atoms with Gasteiger partial charge in [-0.25, -0.2) is 8.37 Å². The van der Waals surface area contributed by atoms with Crippen LogP contribution in [0.25, 0.3) is 0 Å². The number of hydrogen-bond acceptors (Lipinski definition) is 5. The van der Waals surface area contributed by atoms with Crippen LogP contribution in [0.5, 0.6) is 0 Å². The summed E-state index contributed by atoms with van der Waals surface area (Å²) in [6.07, 6.45) is 12.0. The Hall–Kier alpha value is -0.170. The molecule has 0 radical (unpaired) electrons. The molecule has 140 valence electrons. The molecule has 0 bridgehead atoms. The van der Waals surface area contributed by atoms with Gasteiger partial charge in [0, 0.05) is 6.04 Å². The molecule has 0 aliphatic heterocycles. The predicted molar refractivity (Wildman–Crippen MR) is 95.5 cm³/mol. The smallest absolute Gasteiger partial charge is 0.325 e. The van der Waals surface area contributed by atoms with Gasteiger partial charge in [0.05, 0.1) is 12.2 Å². The molecule has 23 heavy (non-hydrogen) atoms. The van der Waals surface area contributed by atoms with E-state index in [9.17, 15) is 8.42 Å². The lowest BCUT2D eigenvalue weighted by Crippen LogP contribution is -2.44. The Balaban J connectivity index is 3.60. The molecular formula is C17H37NO4S. The van der Waals surface area contributed by atoms with Gasteiger partial charge < -0.3 is 5.73 Å². The average molecular weight is 352 g/mol. The molecule has 0 aliphatic rings. The van der Waals surface area contributed by atoms with E-state index in [1.54, 1.807) is 20.8 Å². The molecule has 2 N–H and O–H groups in total. The fourth-order valence-electron chi connectivity index (χ4n) is 2.11. The van der Waals surface area contributed by atoms with Crippen LogP contribution in [0.4, 0.5) is 0 Å². The first-order valence-electron chi connectivity index (χ1n) is 9.07. The van der Waals surface area contributed by atoms with Crippen LogP contribution in [0.15, 0.2) is 0 Å². The molecule has 0 spiro atoms. The van der Waals surface area contributed by atoms with E-state index in [-0.39, 0.29) is 6.61 Å². The van der Waals surface area contributed by atoms with E-state index >= 15 is 0 Å². The summed E-state index contributed by atoms with van der Waals surface area (Å²) in [5, 5.41) is 0. The van der Waals surface area contributed by atoms with Crippen LogP contribution in [0.2, 0.25) is 0 Å². The zero-order valence-corrected chi connectivity index (χ0v) is 16.3. The first-order valence-corrected chi connectivity index (χ1v) is 10.4. The second-order valence-electron chi connectivity index (χ2n) is 6.89. The Bertz CT molecular complexity index is 380. The minimum Gasteiger partial charge on any atom is -0.325 e. The molecule has 1 atom stereocenters. The summed E-state index contributed by atoms with van der Waals surface area (Å²) < 4.78 is 33.3. The van der Waals surface area contributed by atoms with E-state index < -0.39 is 22.0 Å². The highest BCUT2D eigenvalue weighted by Gasteiger charge is 2.31. The Morgan fingerprint density at radius 2 is 1.35 bits per heavy atom. The van der Waals surface area contributed by atoms with Crippen molar-refractivity contribution in [3.8, 4) is 0 Å². The van der Waals surface area contributed by atoms with Crippen molar-refractivity contribution < 1.29 is 16.8 Å². The summed E-state index contributed by atoms with van der Waals surface area (Å²) in [4.78, 5) is 0. The van der Waals surface area contributed by atoms with Crippen LogP contribution >= 0.6 is 0 Å². The number of nitrogens with two attached hydrogens (primary N) is 1. The van der Waals surface area contributed by atoms with Gasteiger partial charge in [0.1, 0.15) is 0 Å². The van der Waals surface area contributed by atoms with Gasteiger partial charge in [-0.3, -0.25) is 0 Å². The number of hydrogen-bond donors (Lipinski definition) is 1. The third-order valence-electron chi connectivity index (χ3n) is 4.14. The molecule has 6 heteroatoms. The van der Waals surface area contributed by atoms with E-state index in [1.807, 2.05) is 0 Å². The van der Waals surface area contributed by atoms with E-state index in [4.69, 9.17) is 14.1 Å². The third kappa shape index (κ3) is 12.9. The molecular weight excluding hydrogens is 314 g/mol. The maximum Gasteiger partial charge on any atom is 0.400 e. The highest BCUT2D eigenvalue weighted by atomic mass is 32.3. The summed E-state index contributed by atoms with van der Waals surface area (Å²) >= 11 is 0. The Kier molecular flexibility index (Phi) is 12.1. The van der Waals surface area contributed by atoms with Crippen molar-refractivity contribution in [3.63, 3.8) is 0 Å². The van der Waals surface area contributed by atoms with Gasteiger partial charge in [0.15, 0.2) is 0 Å². The van der Waals surface area contributed by atoms with Crippen LogP contribution in [0.3, 0.4) is 0 Å². The van der Waals surface area contributed by atoms with Gasteiger partial charge in [-0.2, -0.15) is 8.42 Å². The summed E-state index contributed by atoms with van der Waals surface area (Å²) in [5.41, 5.74) is 4.73. The van der Waals surface area contributed by atoms with Crippen molar-refractivity contribution in [2.24, 2.45) is 5.73 Å². The quantitative estimate of drug-likeness (QED) is 0.445. The molecule has 0 aliphatic carbocycles. The van der Waals surface area contributed by atoms with Crippen LogP contribution in [0.1, 0.15) is 91.9 Å². The zero-order valence-electron chi connectivity index (χ0n) is 15.5. The summed E-state index contributed by atoms with van der Waals surface area (Å²) in [7, 11) is -3.97. The van der Waals surface area contributed by atoms with Gasteiger partial charge >= 0.3 is 10.4 Å². The second-order valence-corrected chi connectivity index (χ2v) is 8.11. The molecule has 1 unspecified atom stereocenters. The molecule has 0 heterocycles. The van der Waals surface area contributed by atoms with Crippen LogP contribution in [-0.4, -0.2) is 26.7 Å². The average Bonchev–Trinajstić information content (AvgIpc) is 2.43. The molecule has 0 fully saturated rings. The minimum absolute atomic E-state index is 0.174. The molecule has 5 nitrogen and oxygen atoms in total. The maximum atomic E-state index is 11.7. The lowest BCUT2D eigenvalue weighted by atomic mass is 10.0. The fourth-order valence-corrected chi connectivity index (χ4v) is 3.16. The monoisotopic (exact) mass is 351 g/mol. The van der Waals surface area contributed by atoms with Gasteiger partial charge in [-0.05, 0) is 27.2 Å². The lowest BCUT2D eigenvalue weighted by molar-refractivity contribution is 0.0673. The normalized spacial score (nSPS) is 14.1. The van der Waals surface area contributed by atoms with Crippen LogP contribution in [0, 0.1) is 0 Å². The van der Waals surface area contributed by atoms with Crippen molar-refractivity contribution in [3.05, 3.63) is 0 Å². The topological polar surface area (TPSA) is 78.6 Å². The first-order chi connectivity index (χ1) is 10.7. The second kappa shape index (κ2) is 12.2. The standard InChI is InChI=1S/C17H37NO4S/c1-5-6-7-8-9-10-11-12-13-14-15-21-23(19,20)22-17(3,4)16(2)18/h16H,5-15,18H2,1-4H3.